The van der Waals surface area contributed by atoms with Gasteiger partial charge in [-0.1, -0.05) is 47.0 Å². The number of unbranched alkanes of at least 4 members (excludes halogenated alkanes) is 2. The highest BCUT2D eigenvalue weighted by Crippen LogP contribution is 2.00. The number of Topliss-reactive ketones (excluding diaryl/α,β-unsaturated/α-hetero) is 3. The van der Waals surface area contributed by atoms with Crippen molar-refractivity contribution in [3.05, 3.63) is 0 Å². The zero-order chi connectivity index (χ0) is 47.7. The van der Waals surface area contributed by atoms with Gasteiger partial charge in [-0.25, -0.2) is 0 Å². The maximum atomic E-state index is 10.3. The van der Waals surface area contributed by atoms with E-state index in [1.54, 1.807) is 0 Å². The Morgan fingerprint density at radius 1 is 0.458 bits per heavy atom. The van der Waals surface area contributed by atoms with Gasteiger partial charge in [-0.15, -0.1) is 0 Å². The van der Waals surface area contributed by atoms with Crippen LogP contribution in [0.25, 0.3) is 0 Å². The fraction of sp³-hybridized carbons (Fsp3) is 0.902. The largest absolute Gasteiger partial charge is 0.463 e. The number of aliphatic hydroxyl groups excluding tert-OH is 12. The average Bonchev–Trinajstić information content (AvgIpc) is 3.21. The number of ether oxygens (including phenoxy) is 2. The Hall–Kier alpha value is -2.04. The van der Waals surface area contributed by atoms with E-state index in [2.05, 4.69) is 18.6 Å². The minimum atomic E-state index is -0.728. The monoisotopic (exact) mass is 871 g/mol. The minimum Gasteiger partial charge on any atom is -0.463 e. The number of rotatable bonds is 26. The lowest BCUT2D eigenvalue weighted by Gasteiger charge is -2.05. The standard InChI is InChI=1S/2C6H12O3.C6H14O2.C5H10O2.2C5H12O2.C4H8O3.C4H10O/c1-5(9)2-6(3-7)4-8;1-5(8)2-3-6(9)4-7;1-2-3-5-8-6-4-7;1-5(7)3-2-4-6;1-2-5(3-6)4-7;1-2-3-5(7)4-6;1-4(6)7-3-2-5;1-2-3-4-5/h6-8H,2-4H2,1H3;6-7,9H,2-4H2,1H3;7H,2-6H2,1H3;6H,2-4H2,1H3;2*5-7H,2-4H2,1H3;5H,2-3H2,1H3;5H,2-4H2,1H3. The lowest BCUT2D eigenvalue weighted by Crippen LogP contribution is -2.14. The fourth-order valence-corrected chi connectivity index (χ4v) is 2.88. The van der Waals surface area contributed by atoms with Crippen LogP contribution in [0.15, 0.2) is 0 Å². The molecule has 2 atom stereocenters. The van der Waals surface area contributed by atoms with Gasteiger partial charge in [0.1, 0.15) is 24.0 Å². The summed E-state index contributed by atoms with van der Waals surface area (Å²) in [6.07, 6.45) is 7.67. The van der Waals surface area contributed by atoms with Crippen molar-refractivity contribution in [1.29, 1.82) is 0 Å². The molecule has 0 aromatic rings. The van der Waals surface area contributed by atoms with Crippen molar-refractivity contribution in [3.63, 3.8) is 0 Å². The molecule has 362 valence electrons. The third-order valence-corrected chi connectivity index (χ3v) is 6.53. The van der Waals surface area contributed by atoms with Crippen LogP contribution in [0.5, 0.6) is 0 Å². The fourth-order valence-electron chi connectivity index (χ4n) is 2.88. The summed E-state index contributed by atoms with van der Waals surface area (Å²) in [5.41, 5.74) is 0. The van der Waals surface area contributed by atoms with E-state index in [4.69, 9.17) is 66.0 Å². The average molecular weight is 871 g/mol. The van der Waals surface area contributed by atoms with Gasteiger partial charge in [0.25, 0.3) is 0 Å². The summed E-state index contributed by atoms with van der Waals surface area (Å²) in [7, 11) is 0. The second-order valence-corrected chi connectivity index (χ2v) is 12.8. The molecule has 0 aromatic heterocycles. The summed E-state index contributed by atoms with van der Waals surface area (Å²) >= 11 is 0. The molecule has 0 aliphatic carbocycles. The Kier molecular flexibility index (Phi) is 88.9. The Morgan fingerprint density at radius 3 is 1.08 bits per heavy atom. The van der Waals surface area contributed by atoms with E-state index in [-0.39, 0.29) is 108 Å². The summed E-state index contributed by atoms with van der Waals surface area (Å²) < 4.78 is 9.28. The van der Waals surface area contributed by atoms with Crippen molar-refractivity contribution in [2.75, 3.05) is 85.9 Å². The van der Waals surface area contributed by atoms with E-state index in [0.29, 0.717) is 45.3 Å². The molecule has 0 fully saturated rings. The minimum absolute atomic E-state index is 0.00287. The van der Waals surface area contributed by atoms with E-state index in [0.717, 1.165) is 45.1 Å². The molecule has 18 nitrogen and oxygen atoms in total. The second kappa shape index (κ2) is 70.5. The van der Waals surface area contributed by atoms with Crippen LogP contribution in [0, 0.1) is 11.8 Å². The van der Waals surface area contributed by atoms with E-state index < -0.39 is 12.2 Å². The number of ketones is 3. The molecule has 0 amide bonds. The van der Waals surface area contributed by atoms with E-state index in [1.807, 2.05) is 13.8 Å². The second-order valence-electron chi connectivity index (χ2n) is 12.8. The van der Waals surface area contributed by atoms with E-state index >= 15 is 0 Å². The van der Waals surface area contributed by atoms with Gasteiger partial charge < -0.3 is 85.1 Å². The summed E-state index contributed by atoms with van der Waals surface area (Å²) in [5, 5.41) is 100.0. The summed E-state index contributed by atoms with van der Waals surface area (Å²) in [6, 6.07) is 0. The first-order valence-electron chi connectivity index (χ1n) is 20.5. The van der Waals surface area contributed by atoms with Crippen LogP contribution in [-0.4, -0.2) is 183 Å². The highest BCUT2D eigenvalue weighted by atomic mass is 16.5. The van der Waals surface area contributed by atoms with E-state index in [9.17, 15) is 19.2 Å². The Morgan fingerprint density at radius 2 is 0.898 bits per heavy atom. The number of hydrogen-bond donors (Lipinski definition) is 12. The third-order valence-electron chi connectivity index (χ3n) is 6.53. The molecular weight excluding hydrogens is 780 g/mol. The third kappa shape index (κ3) is 107. The number of carbonyl (C=O) groups is 4. The first kappa shape index (κ1) is 74.4. The van der Waals surface area contributed by atoms with Crippen LogP contribution >= 0.6 is 0 Å². The van der Waals surface area contributed by atoms with Gasteiger partial charge in [-0.3, -0.25) is 4.79 Å². The van der Waals surface area contributed by atoms with Crippen molar-refractivity contribution in [1.82, 2.24) is 0 Å². The molecule has 0 heterocycles. The van der Waals surface area contributed by atoms with Gasteiger partial charge >= 0.3 is 5.97 Å². The number of esters is 1. The molecule has 0 aliphatic rings. The van der Waals surface area contributed by atoms with Crippen LogP contribution in [0.2, 0.25) is 0 Å². The molecule has 18 heteroatoms. The van der Waals surface area contributed by atoms with Crippen LogP contribution in [0.3, 0.4) is 0 Å². The van der Waals surface area contributed by atoms with Crippen molar-refractivity contribution in [2.24, 2.45) is 11.8 Å². The molecule has 0 bridgehead atoms. The zero-order valence-corrected chi connectivity index (χ0v) is 37.8. The molecular formula is C41H90O18. The van der Waals surface area contributed by atoms with Crippen molar-refractivity contribution in [3.8, 4) is 0 Å². The summed E-state index contributed by atoms with van der Waals surface area (Å²) in [6.45, 7) is 15.3. The first-order valence-corrected chi connectivity index (χ1v) is 20.5. The van der Waals surface area contributed by atoms with Crippen molar-refractivity contribution < 1.29 is 89.9 Å². The molecule has 0 rings (SSSR count). The molecule has 0 spiro atoms. The van der Waals surface area contributed by atoms with Crippen LogP contribution < -0.4 is 0 Å². The van der Waals surface area contributed by atoms with Gasteiger partial charge in [0.05, 0.1) is 45.2 Å². The van der Waals surface area contributed by atoms with Crippen LogP contribution in [0.1, 0.15) is 132 Å². The molecule has 59 heavy (non-hydrogen) atoms. The van der Waals surface area contributed by atoms with Gasteiger partial charge in [-0.05, 0) is 59.3 Å². The molecule has 12 N–H and O–H groups in total. The molecule has 0 aliphatic heterocycles. The maximum absolute atomic E-state index is 10.3. The van der Waals surface area contributed by atoms with Gasteiger partial charge in [0.2, 0.25) is 0 Å². The topological polar surface area (TPSA) is 330 Å². The van der Waals surface area contributed by atoms with Crippen LogP contribution in [-0.2, 0) is 28.7 Å². The molecule has 0 aromatic carbocycles. The summed E-state index contributed by atoms with van der Waals surface area (Å²) in [4.78, 5) is 40.6. The summed E-state index contributed by atoms with van der Waals surface area (Å²) in [5.74, 6) is -0.323. The Balaban J connectivity index is -0.0000000844. The molecule has 0 saturated heterocycles. The number of carbonyl (C=O) groups excluding carboxylic acids is 4. The van der Waals surface area contributed by atoms with Crippen LogP contribution in [0.4, 0.5) is 0 Å². The van der Waals surface area contributed by atoms with Crippen molar-refractivity contribution in [2.45, 2.75) is 145 Å². The van der Waals surface area contributed by atoms with Gasteiger partial charge in [-0.2, -0.15) is 0 Å². The highest BCUT2D eigenvalue weighted by Gasteiger charge is 2.07. The smallest absolute Gasteiger partial charge is 0.302 e. The Labute approximate surface area is 355 Å². The lowest BCUT2D eigenvalue weighted by molar-refractivity contribution is -0.142. The van der Waals surface area contributed by atoms with E-state index in [1.165, 1.54) is 27.7 Å². The molecule has 2 unspecified atom stereocenters. The SMILES string of the molecule is CC(=O)CC(CO)CO.CC(=O)CCC(O)CO.CC(=O)CCCO.CC(=O)OCCO.CCC(CO)CO.CCCC(O)CO.CCCCO.CCCCOCCO. The maximum Gasteiger partial charge on any atom is 0.302 e. The predicted molar refractivity (Wildman–Crippen MR) is 227 cm³/mol. The molecule has 0 saturated carbocycles. The molecule has 0 radical (unpaired) electrons. The zero-order valence-electron chi connectivity index (χ0n) is 37.8. The van der Waals surface area contributed by atoms with Crippen molar-refractivity contribution >= 4 is 23.3 Å². The van der Waals surface area contributed by atoms with Gasteiger partial charge in [0, 0.05) is 84.3 Å². The number of hydrogen-bond acceptors (Lipinski definition) is 18. The van der Waals surface area contributed by atoms with Gasteiger partial charge in [0.15, 0.2) is 0 Å². The number of aliphatic hydroxyl groups is 12. The normalized spacial score (nSPS) is 10.5. The predicted octanol–water partition coefficient (Wildman–Crippen LogP) is 0.876. The lowest BCUT2D eigenvalue weighted by atomic mass is 10.1. The Bertz CT molecular complexity index is 750. The quantitative estimate of drug-likeness (QED) is 0.0424. The first-order chi connectivity index (χ1) is 27.9. The highest BCUT2D eigenvalue weighted by molar-refractivity contribution is 5.76.